The third kappa shape index (κ3) is 3.43. The van der Waals surface area contributed by atoms with Crippen LogP contribution in [-0.4, -0.2) is 54.4 Å². The molecule has 0 bridgehead atoms. The van der Waals surface area contributed by atoms with Crippen molar-refractivity contribution in [2.45, 2.75) is 12.5 Å². The molecule has 19 heavy (non-hydrogen) atoms. The average Bonchev–Trinajstić information content (AvgIpc) is 2.76. The summed E-state index contributed by atoms with van der Waals surface area (Å²) >= 11 is 7.04. The third-order valence-corrected chi connectivity index (χ3v) is 4.08. The van der Waals surface area contributed by atoms with Crippen molar-refractivity contribution in [1.29, 1.82) is 0 Å². The van der Waals surface area contributed by atoms with Crippen LogP contribution >= 0.6 is 22.9 Å². The first kappa shape index (κ1) is 14.7. The van der Waals surface area contributed by atoms with Gasteiger partial charge < -0.3 is 20.5 Å². The smallest absolute Gasteiger partial charge is 0.271 e. The summed E-state index contributed by atoms with van der Waals surface area (Å²) in [6.45, 7) is 3.58. The lowest BCUT2D eigenvalue weighted by atomic mass is 10.0. The first-order valence-electron chi connectivity index (χ1n) is 5.91. The highest BCUT2D eigenvalue weighted by atomic mass is 35.5. The molecule has 2 heterocycles. The van der Waals surface area contributed by atoms with Gasteiger partial charge in [-0.2, -0.15) is 0 Å². The van der Waals surface area contributed by atoms with Gasteiger partial charge in [-0.3, -0.25) is 4.79 Å². The van der Waals surface area contributed by atoms with Crippen molar-refractivity contribution in [3.8, 4) is 0 Å². The molecular formula is C11H16ClN3O3S. The van der Waals surface area contributed by atoms with Gasteiger partial charge in [-0.05, 0) is 6.92 Å². The Labute approximate surface area is 120 Å². The van der Waals surface area contributed by atoms with E-state index in [2.05, 4.69) is 15.6 Å². The average molecular weight is 306 g/mol. The van der Waals surface area contributed by atoms with E-state index in [0.29, 0.717) is 29.9 Å². The Morgan fingerprint density at radius 1 is 1.74 bits per heavy atom. The standard InChI is InChI=1S/C11H16ClN3O3S/c1-7-8(15-10(12)19-7)9(17)13-4-11(5-16)6-18-3-2-14-11/h14,16H,2-6H2,1H3,(H,13,17). The van der Waals surface area contributed by atoms with Crippen molar-refractivity contribution in [3.05, 3.63) is 15.0 Å². The number of ether oxygens (including phenoxy) is 1. The Bertz CT molecular complexity index is 460. The van der Waals surface area contributed by atoms with Crippen molar-refractivity contribution in [2.24, 2.45) is 0 Å². The molecular weight excluding hydrogens is 290 g/mol. The summed E-state index contributed by atoms with van der Waals surface area (Å²) in [4.78, 5) is 16.8. The molecule has 2 rings (SSSR count). The topological polar surface area (TPSA) is 83.5 Å². The fourth-order valence-corrected chi connectivity index (χ4v) is 2.94. The zero-order valence-electron chi connectivity index (χ0n) is 10.5. The number of thiazole rings is 1. The molecule has 1 amide bonds. The van der Waals surface area contributed by atoms with Gasteiger partial charge in [0.15, 0.2) is 4.47 Å². The van der Waals surface area contributed by atoms with Crippen LogP contribution in [0.15, 0.2) is 0 Å². The Morgan fingerprint density at radius 3 is 3.05 bits per heavy atom. The van der Waals surface area contributed by atoms with Crippen LogP contribution in [0.3, 0.4) is 0 Å². The van der Waals surface area contributed by atoms with Gasteiger partial charge in [0.2, 0.25) is 0 Å². The quantitative estimate of drug-likeness (QED) is 0.739. The predicted molar refractivity (Wildman–Crippen MR) is 72.8 cm³/mol. The lowest BCUT2D eigenvalue weighted by molar-refractivity contribution is 0.0000124. The van der Waals surface area contributed by atoms with E-state index in [4.69, 9.17) is 16.3 Å². The van der Waals surface area contributed by atoms with Crippen LogP contribution in [0.2, 0.25) is 4.47 Å². The maximum Gasteiger partial charge on any atom is 0.271 e. The van der Waals surface area contributed by atoms with Crippen LogP contribution in [0.25, 0.3) is 0 Å². The Morgan fingerprint density at radius 2 is 2.53 bits per heavy atom. The van der Waals surface area contributed by atoms with Crippen LogP contribution in [0.1, 0.15) is 15.4 Å². The summed E-state index contributed by atoms with van der Waals surface area (Å²) in [6, 6.07) is 0. The molecule has 1 saturated heterocycles. The van der Waals surface area contributed by atoms with E-state index in [1.807, 2.05) is 0 Å². The third-order valence-electron chi connectivity index (χ3n) is 3.00. The number of hydrogen-bond acceptors (Lipinski definition) is 6. The van der Waals surface area contributed by atoms with Crippen molar-refractivity contribution in [3.63, 3.8) is 0 Å². The fraction of sp³-hybridized carbons (Fsp3) is 0.636. The molecule has 0 aromatic carbocycles. The molecule has 1 aromatic heterocycles. The van der Waals surface area contributed by atoms with Gasteiger partial charge in [0.25, 0.3) is 5.91 Å². The Hall–Kier alpha value is -0.730. The number of aliphatic hydroxyl groups is 1. The lowest BCUT2D eigenvalue weighted by Gasteiger charge is -2.36. The molecule has 1 fully saturated rings. The van der Waals surface area contributed by atoms with Crippen LogP contribution in [0.5, 0.6) is 0 Å². The molecule has 6 nitrogen and oxygen atoms in total. The second-order valence-electron chi connectivity index (χ2n) is 4.47. The number of halogens is 1. The van der Waals surface area contributed by atoms with E-state index in [9.17, 15) is 9.90 Å². The van der Waals surface area contributed by atoms with Crippen molar-refractivity contribution < 1.29 is 14.6 Å². The molecule has 1 aliphatic rings. The van der Waals surface area contributed by atoms with Gasteiger partial charge in [-0.25, -0.2) is 4.98 Å². The zero-order valence-corrected chi connectivity index (χ0v) is 12.1. The van der Waals surface area contributed by atoms with Gasteiger partial charge in [0.05, 0.1) is 25.4 Å². The van der Waals surface area contributed by atoms with Crippen LogP contribution in [0.4, 0.5) is 0 Å². The largest absolute Gasteiger partial charge is 0.394 e. The number of amides is 1. The molecule has 3 N–H and O–H groups in total. The lowest BCUT2D eigenvalue weighted by Crippen LogP contribution is -2.62. The summed E-state index contributed by atoms with van der Waals surface area (Å²) in [5, 5.41) is 15.4. The van der Waals surface area contributed by atoms with Crippen molar-refractivity contribution in [1.82, 2.24) is 15.6 Å². The minimum atomic E-state index is -0.623. The van der Waals surface area contributed by atoms with Gasteiger partial charge in [0.1, 0.15) is 5.69 Å². The van der Waals surface area contributed by atoms with Crippen molar-refractivity contribution in [2.75, 3.05) is 32.9 Å². The number of aliphatic hydroxyl groups excluding tert-OH is 1. The number of morpholine rings is 1. The summed E-state index contributed by atoms with van der Waals surface area (Å²) in [5.74, 6) is -0.291. The number of carbonyl (C=O) groups is 1. The molecule has 1 aliphatic heterocycles. The fourth-order valence-electron chi connectivity index (χ4n) is 1.89. The number of aryl methyl sites for hydroxylation is 1. The van der Waals surface area contributed by atoms with E-state index in [0.717, 1.165) is 4.88 Å². The van der Waals surface area contributed by atoms with Crippen LogP contribution in [0, 0.1) is 6.92 Å². The minimum Gasteiger partial charge on any atom is -0.394 e. The highest BCUT2D eigenvalue weighted by Gasteiger charge is 2.32. The second-order valence-corrected chi connectivity index (χ2v) is 6.26. The number of rotatable bonds is 4. The SMILES string of the molecule is Cc1sc(Cl)nc1C(=O)NCC1(CO)COCCN1. The highest BCUT2D eigenvalue weighted by Crippen LogP contribution is 2.21. The first-order valence-corrected chi connectivity index (χ1v) is 7.10. The van der Waals surface area contributed by atoms with Crippen LogP contribution < -0.4 is 10.6 Å². The predicted octanol–water partition coefficient (Wildman–Crippen LogP) is 0.186. The molecule has 0 saturated carbocycles. The normalized spacial score (nSPS) is 23.3. The highest BCUT2D eigenvalue weighted by molar-refractivity contribution is 7.15. The molecule has 1 unspecified atom stereocenters. The molecule has 0 radical (unpaired) electrons. The van der Waals surface area contributed by atoms with E-state index >= 15 is 0 Å². The molecule has 8 heteroatoms. The van der Waals surface area contributed by atoms with Crippen LogP contribution in [-0.2, 0) is 4.74 Å². The molecule has 1 aromatic rings. The van der Waals surface area contributed by atoms with Gasteiger partial charge >= 0.3 is 0 Å². The summed E-state index contributed by atoms with van der Waals surface area (Å²) in [7, 11) is 0. The minimum absolute atomic E-state index is 0.107. The molecule has 0 spiro atoms. The van der Waals surface area contributed by atoms with Gasteiger partial charge in [0, 0.05) is 18.0 Å². The number of carbonyl (C=O) groups excluding carboxylic acids is 1. The maximum absolute atomic E-state index is 12.0. The monoisotopic (exact) mass is 305 g/mol. The Balaban J connectivity index is 1.97. The maximum atomic E-state index is 12.0. The first-order chi connectivity index (χ1) is 9.06. The molecule has 106 valence electrons. The van der Waals surface area contributed by atoms with E-state index in [1.165, 1.54) is 11.3 Å². The number of aromatic nitrogens is 1. The summed E-state index contributed by atoms with van der Waals surface area (Å²) < 4.78 is 5.68. The number of hydrogen-bond donors (Lipinski definition) is 3. The van der Waals surface area contributed by atoms with Gasteiger partial charge in [-0.1, -0.05) is 11.6 Å². The van der Waals surface area contributed by atoms with E-state index in [-0.39, 0.29) is 19.1 Å². The molecule has 1 atom stereocenters. The van der Waals surface area contributed by atoms with Crippen molar-refractivity contribution >= 4 is 28.8 Å². The van der Waals surface area contributed by atoms with Gasteiger partial charge in [-0.15, -0.1) is 11.3 Å². The number of nitrogens with zero attached hydrogens (tertiary/aromatic N) is 1. The second kappa shape index (κ2) is 6.15. The number of nitrogens with one attached hydrogen (secondary N) is 2. The Kier molecular flexibility index (Phi) is 4.75. The van der Waals surface area contributed by atoms with E-state index < -0.39 is 5.54 Å². The summed E-state index contributed by atoms with van der Waals surface area (Å²) in [6.07, 6.45) is 0. The molecule has 0 aliphatic carbocycles. The summed E-state index contributed by atoms with van der Waals surface area (Å²) in [5.41, 5.74) is -0.290. The zero-order chi connectivity index (χ0) is 13.9. The van der Waals surface area contributed by atoms with E-state index in [1.54, 1.807) is 6.92 Å².